The summed E-state index contributed by atoms with van der Waals surface area (Å²) in [5.74, 6) is -0.906. The molecule has 18 heavy (non-hydrogen) atoms. The van der Waals surface area contributed by atoms with Gasteiger partial charge in [0, 0.05) is 4.47 Å². The van der Waals surface area contributed by atoms with Crippen molar-refractivity contribution < 1.29 is 9.90 Å². The molecular weight excluding hydrogens is 292 g/mol. The summed E-state index contributed by atoms with van der Waals surface area (Å²) in [5.41, 5.74) is 0.304. The van der Waals surface area contributed by atoms with E-state index in [1.807, 2.05) is 30.3 Å². The van der Waals surface area contributed by atoms with Gasteiger partial charge in [0.25, 0.3) is 0 Å². The maximum Gasteiger partial charge on any atom is 0.335 e. The van der Waals surface area contributed by atoms with Crippen LogP contribution in [0.3, 0.4) is 0 Å². The topological polar surface area (TPSA) is 37.3 Å². The third-order valence-electron chi connectivity index (χ3n) is 3.04. The molecule has 0 heterocycles. The largest absolute Gasteiger partial charge is 0.478 e. The number of hydrogen-bond donors (Lipinski definition) is 1. The Bertz CT molecular complexity index is 778. The van der Waals surface area contributed by atoms with E-state index in [0.29, 0.717) is 5.56 Å². The summed E-state index contributed by atoms with van der Waals surface area (Å²) in [7, 11) is 0. The van der Waals surface area contributed by atoms with Crippen LogP contribution in [-0.4, -0.2) is 11.1 Å². The summed E-state index contributed by atoms with van der Waals surface area (Å²) in [6, 6.07) is 15.3. The van der Waals surface area contributed by atoms with E-state index in [-0.39, 0.29) is 0 Å². The molecule has 0 saturated carbocycles. The predicted octanol–water partition coefficient (Wildman–Crippen LogP) is 4.45. The standard InChI is InChI=1S/C15H9BrO2/c16-14-12-4-2-1-3-9(12)7-10-5-6-11(15(17)18)8-13(10)14/h1-8H,(H,17,18). The first-order valence-electron chi connectivity index (χ1n) is 5.51. The molecule has 0 aliphatic rings. The lowest BCUT2D eigenvalue weighted by atomic mass is 10.0. The van der Waals surface area contributed by atoms with Crippen LogP contribution in [0.15, 0.2) is 53.0 Å². The molecule has 0 aromatic heterocycles. The van der Waals surface area contributed by atoms with E-state index in [0.717, 1.165) is 26.0 Å². The first-order chi connectivity index (χ1) is 8.66. The molecule has 3 aromatic rings. The van der Waals surface area contributed by atoms with Gasteiger partial charge in [0.15, 0.2) is 0 Å². The van der Waals surface area contributed by atoms with Gasteiger partial charge < -0.3 is 5.11 Å². The molecule has 0 bridgehead atoms. The second-order valence-corrected chi connectivity index (χ2v) is 4.95. The highest BCUT2D eigenvalue weighted by atomic mass is 79.9. The van der Waals surface area contributed by atoms with Crippen LogP contribution >= 0.6 is 15.9 Å². The van der Waals surface area contributed by atoms with E-state index in [1.54, 1.807) is 12.1 Å². The fourth-order valence-corrected chi connectivity index (χ4v) is 2.85. The molecule has 0 aliphatic carbocycles. The molecule has 0 radical (unpaired) electrons. The summed E-state index contributed by atoms with van der Waals surface area (Å²) in [6.07, 6.45) is 0. The molecule has 0 aliphatic heterocycles. The second kappa shape index (κ2) is 4.10. The molecule has 3 heteroatoms. The number of carbonyl (C=O) groups is 1. The molecule has 1 N–H and O–H groups in total. The van der Waals surface area contributed by atoms with Crippen LogP contribution in [0.4, 0.5) is 0 Å². The summed E-state index contributed by atoms with van der Waals surface area (Å²) < 4.78 is 0.943. The van der Waals surface area contributed by atoms with Crippen LogP contribution in [0.5, 0.6) is 0 Å². The van der Waals surface area contributed by atoms with Crippen LogP contribution in [0.25, 0.3) is 21.5 Å². The minimum absolute atomic E-state index is 0.304. The highest BCUT2D eigenvalue weighted by Gasteiger charge is 2.08. The van der Waals surface area contributed by atoms with Gasteiger partial charge in [0.1, 0.15) is 0 Å². The highest BCUT2D eigenvalue weighted by molar-refractivity contribution is 9.10. The Labute approximate surface area is 112 Å². The number of carboxylic acid groups (broad SMARTS) is 1. The average Bonchev–Trinajstić information content (AvgIpc) is 2.38. The average molecular weight is 301 g/mol. The van der Waals surface area contributed by atoms with Gasteiger partial charge in [-0.1, -0.05) is 30.3 Å². The Hall–Kier alpha value is -1.87. The van der Waals surface area contributed by atoms with Crippen molar-refractivity contribution in [2.24, 2.45) is 0 Å². The normalized spacial score (nSPS) is 10.9. The molecule has 0 atom stereocenters. The van der Waals surface area contributed by atoms with Crippen molar-refractivity contribution in [3.63, 3.8) is 0 Å². The number of aromatic carboxylic acids is 1. The van der Waals surface area contributed by atoms with Crippen molar-refractivity contribution in [2.45, 2.75) is 0 Å². The number of fused-ring (bicyclic) bond motifs is 2. The Balaban J connectivity index is 2.45. The molecule has 3 aromatic carbocycles. The Morgan fingerprint density at radius 1 is 0.944 bits per heavy atom. The van der Waals surface area contributed by atoms with Crippen molar-refractivity contribution >= 4 is 43.4 Å². The van der Waals surface area contributed by atoms with Crippen molar-refractivity contribution in [3.8, 4) is 0 Å². The van der Waals surface area contributed by atoms with Gasteiger partial charge in [0.05, 0.1) is 5.56 Å². The summed E-state index contributed by atoms with van der Waals surface area (Å²) in [5, 5.41) is 13.2. The van der Waals surface area contributed by atoms with Gasteiger partial charge in [-0.3, -0.25) is 0 Å². The SMILES string of the molecule is O=C(O)c1ccc2cc3ccccc3c(Br)c2c1. The molecule has 0 amide bonds. The summed E-state index contributed by atoms with van der Waals surface area (Å²) >= 11 is 3.57. The van der Waals surface area contributed by atoms with Crippen molar-refractivity contribution in [2.75, 3.05) is 0 Å². The van der Waals surface area contributed by atoms with E-state index in [1.165, 1.54) is 0 Å². The van der Waals surface area contributed by atoms with Crippen LogP contribution < -0.4 is 0 Å². The number of carboxylic acids is 1. The van der Waals surface area contributed by atoms with Crippen molar-refractivity contribution in [1.82, 2.24) is 0 Å². The number of benzene rings is 3. The van der Waals surface area contributed by atoms with Gasteiger partial charge in [0.2, 0.25) is 0 Å². The van der Waals surface area contributed by atoms with Crippen LogP contribution in [0.1, 0.15) is 10.4 Å². The second-order valence-electron chi connectivity index (χ2n) is 4.15. The molecule has 2 nitrogen and oxygen atoms in total. The van der Waals surface area contributed by atoms with Crippen LogP contribution in [0, 0.1) is 0 Å². The fraction of sp³-hybridized carbons (Fsp3) is 0. The molecule has 0 saturated heterocycles. The Kier molecular flexibility index (Phi) is 2.56. The molecule has 0 fully saturated rings. The third kappa shape index (κ3) is 1.68. The smallest absolute Gasteiger partial charge is 0.335 e. The fourth-order valence-electron chi connectivity index (χ4n) is 2.14. The quantitative estimate of drug-likeness (QED) is 0.674. The lowest BCUT2D eigenvalue weighted by Gasteiger charge is -2.07. The van der Waals surface area contributed by atoms with Crippen molar-refractivity contribution in [3.05, 3.63) is 58.6 Å². The van der Waals surface area contributed by atoms with Crippen LogP contribution in [0.2, 0.25) is 0 Å². The van der Waals surface area contributed by atoms with E-state index >= 15 is 0 Å². The molecule has 3 rings (SSSR count). The van der Waals surface area contributed by atoms with E-state index in [4.69, 9.17) is 5.11 Å². The van der Waals surface area contributed by atoms with Gasteiger partial charge >= 0.3 is 5.97 Å². The number of rotatable bonds is 1. The summed E-state index contributed by atoms with van der Waals surface area (Å²) in [4.78, 5) is 11.0. The van der Waals surface area contributed by atoms with Gasteiger partial charge in [-0.2, -0.15) is 0 Å². The molecule has 0 unspecified atom stereocenters. The minimum atomic E-state index is -0.906. The van der Waals surface area contributed by atoms with E-state index in [2.05, 4.69) is 22.0 Å². The van der Waals surface area contributed by atoms with Crippen LogP contribution in [-0.2, 0) is 0 Å². The number of hydrogen-bond acceptors (Lipinski definition) is 1. The zero-order chi connectivity index (χ0) is 12.7. The highest BCUT2D eigenvalue weighted by Crippen LogP contribution is 2.33. The maximum absolute atomic E-state index is 11.0. The van der Waals surface area contributed by atoms with Gasteiger partial charge in [-0.15, -0.1) is 0 Å². The first kappa shape index (κ1) is 11.2. The summed E-state index contributed by atoms with van der Waals surface area (Å²) in [6.45, 7) is 0. The first-order valence-corrected chi connectivity index (χ1v) is 6.30. The monoisotopic (exact) mass is 300 g/mol. The van der Waals surface area contributed by atoms with Gasteiger partial charge in [-0.05, 0) is 55.7 Å². The Morgan fingerprint density at radius 2 is 1.67 bits per heavy atom. The number of halogens is 1. The van der Waals surface area contributed by atoms with Gasteiger partial charge in [-0.25, -0.2) is 4.79 Å². The molecule has 0 spiro atoms. The maximum atomic E-state index is 11.0. The predicted molar refractivity (Wildman–Crippen MR) is 76.1 cm³/mol. The van der Waals surface area contributed by atoms with E-state index < -0.39 is 5.97 Å². The minimum Gasteiger partial charge on any atom is -0.478 e. The molecule has 88 valence electrons. The van der Waals surface area contributed by atoms with Crippen molar-refractivity contribution in [1.29, 1.82) is 0 Å². The third-order valence-corrected chi connectivity index (χ3v) is 3.90. The lowest BCUT2D eigenvalue weighted by molar-refractivity contribution is 0.0697. The lowest BCUT2D eigenvalue weighted by Crippen LogP contribution is -1.95. The van der Waals surface area contributed by atoms with E-state index in [9.17, 15) is 4.79 Å². The zero-order valence-corrected chi connectivity index (χ0v) is 10.9. The molecular formula is C15H9BrO2. The zero-order valence-electron chi connectivity index (χ0n) is 9.35. The Morgan fingerprint density at radius 3 is 2.44 bits per heavy atom.